The molecule has 0 saturated carbocycles. The van der Waals surface area contributed by atoms with E-state index < -0.39 is 21.8 Å². The molecule has 140 valence electrons. The molecule has 0 spiro atoms. The summed E-state index contributed by atoms with van der Waals surface area (Å²) >= 11 is 0. The molecule has 0 aliphatic heterocycles. The number of carboxylic acid groups (broad SMARTS) is 1. The van der Waals surface area contributed by atoms with E-state index in [0.29, 0.717) is 25.2 Å². The zero-order valence-corrected chi connectivity index (χ0v) is 15.5. The lowest BCUT2D eigenvalue weighted by Crippen LogP contribution is -2.44. The third kappa shape index (κ3) is 7.55. The first-order valence-electron chi connectivity index (χ1n) is 8.06. The summed E-state index contributed by atoms with van der Waals surface area (Å²) in [7, 11) is -3.22. The second kappa shape index (κ2) is 9.41. The van der Waals surface area contributed by atoms with E-state index >= 15 is 0 Å². The van der Waals surface area contributed by atoms with E-state index in [0.717, 1.165) is 6.26 Å². The average Bonchev–Trinajstić information content (AvgIpc) is 2.51. The van der Waals surface area contributed by atoms with Gasteiger partial charge in [0.05, 0.1) is 11.5 Å². The minimum Gasteiger partial charge on any atom is -0.494 e. The van der Waals surface area contributed by atoms with Crippen molar-refractivity contribution in [3.8, 4) is 5.75 Å². The van der Waals surface area contributed by atoms with Gasteiger partial charge in [0, 0.05) is 12.7 Å². The molecule has 0 heterocycles. The third-order valence-electron chi connectivity index (χ3n) is 3.57. The van der Waals surface area contributed by atoms with Gasteiger partial charge in [0.15, 0.2) is 9.84 Å². The van der Waals surface area contributed by atoms with Gasteiger partial charge in [0.25, 0.3) is 0 Å². The number of ether oxygens (including phenoxy) is 1. The number of nitrogens with one attached hydrogen (secondary N) is 1. The number of carbonyl (C=O) groups excluding carboxylic acids is 1. The Bertz CT molecular complexity index is 682. The lowest BCUT2D eigenvalue weighted by molar-refractivity contribution is -0.143. The molecule has 0 aromatic heterocycles. The first-order chi connectivity index (χ1) is 11.6. The summed E-state index contributed by atoms with van der Waals surface area (Å²) < 4.78 is 28.2. The van der Waals surface area contributed by atoms with E-state index in [9.17, 15) is 18.0 Å². The van der Waals surface area contributed by atoms with Gasteiger partial charge in [-0.25, -0.2) is 13.2 Å². The molecule has 8 heteroatoms. The molecule has 1 rings (SSSR count). The van der Waals surface area contributed by atoms with Crippen LogP contribution in [0.5, 0.6) is 5.75 Å². The number of amides is 1. The predicted molar refractivity (Wildman–Crippen MR) is 93.3 cm³/mol. The molecule has 25 heavy (non-hydrogen) atoms. The van der Waals surface area contributed by atoms with Crippen LogP contribution in [0, 0.1) is 5.92 Å². The molecular formula is C17H25NO6S. The van der Waals surface area contributed by atoms with E-state index in [4.69, 9.17) is 9.84 Å². The molecule has 0 aliphatic carbocycles. The van der Waals surface area contributed by atoms with Crippen LogP contribution < -0.4 is 10.1 Å². The Morgan fingerprint density at radius 3 is 2.24 bits per heavy atom. The highest BCUT2D eigenvalue weighted by atomic mass is 32.2. The summed E-state index contributed by atoms with van der Waals surface area (Å²) in [5.41, 5.74) is 0. The molecule has 0 aliphatic rings. The Morgan fingerprint density at radius 2 is 1.76 bits per heavy atom. The quantitative estimate of drug-likeness (QED) is 0.608. The Kier molecular flexibility index (Phi) is 7.89. The highest BCUT2D eigenvalue weighted by Gasteiger charge is 2.22. The van der Waals surface area contributed by atoms with Gasteiger partial charge in [-0.1, -0.05) is 13.8 Å². The van der Waals surface area contributed by atoms with Gasteiger partial charge in [0.1, 0.15) is 11.8 Å². The fraction of sp³-hybridized carbons (Fsp3) is 0.529. The summed E-state index contributed by atoms with van der Waals surface area (Å²) in [5.74, 6) is -0.954. The van der Waals surface area contributed by atoms with Crippen molar-refractivity contribution in [2.45, 2.75) is 44.0 Å². The topological polar surface area (TPSA) is 110 Å². The summed E-state index contributed by atoms with van der Waals surface area (Å²) in [6, 6.07) is 5.26. The minimum atomic E-state index is -3.22. The van der Waals surface area contributed by atoms with Crippen molar-refractivity contribution in [3.63, 3.8) is 0 Å². The van der Waals surface area contributed by atoms with Gasteiger partial charge in [0.2, 0.25) is 5.91 Å². The van der Waals surface area contributed by atoms with Crippen LogP contribution in [-0.2, 0) is 19.4 Å². The maximum Gasteiger partial charge on any atom is 0.326 e. The second-order valence-corrected chi connectivity index (χ2v) is 8.19. The van der Waals surface area contributed by atoms with E-state index in [1.54, 1.807) is 26.0 Å². The zero-order valence-electron chi connectivity index (χ0n) is 14.7. The van der Waals surface area contributed by atoms with E-state index in [1.807, 2.05) is 0 Å². The molecule has 0 radical (unpaired) electrons. The Balaban J connectivity index is 2.30. The zero-order chi connectivity index (χ0) is 19.0. The van der Waals surface area contributed by atoms with Gasteiger partial charge in [-0.2, -0.15) is 0 Å². The molecule has 0 saturated heterocycles. The van der Waals surface area contributed by atoms with Crippen LogP contribution in [0.2, 0.25) is 0 Å². The van der Waals surface area contributed by atoms with Crippen LogP contribution in [0.3, 0.4) is 0 Å². The summed E-state index contributed by atoms with van der Waals surface area (Å²) in [4.78, 5) is 23.0. The van der Waals surface area contributed by atoms with E-state index in [-0.39, 0.29) is 23.1 Å². The molecule has 1 aromatic rings. The van der Waals surface area contributed by atoms with Crippen molar-refractivity contribution < 1.29 is 27.9 Å². The van der Waals surface area contributed by atoms with Crippen molar-refractivity contribution >= 4 is 21.7 Å². The average molecular weight is 371 g/mol. The van der Waals surface area contributed by atoms with Gasteiger partial charge in [-0.05, 0) is 43.0 Å². The summed E-state index contributed by atoms with van der Waals surface area (Å²) in [6.45, 7) is 3.86. The number of aliphatic carboxylic acids is 1. The molecule has 0 bridgehead atoms. The maximum absolute atomic E-state index is 11.8. The lowest BCUT2D eigenvalue weighted by atomic mass is 10.0. The molecule has 1 amide bonds. The molecule has 0 unspecified atom stereocenters. The fourth-order valence-electron chi connectivity index (χ4n) is 2.12. The molecule has 0 fully saturated rings. The SMILES string of the molecule is CC(C)[C@@H](NC(=O)CCCCOc1ccc(S(C)(=O)=O)cc1)C(=O)O. The number of hydrogen-bond donors (Lipinski definition) is 2. The predicted octanol–water partition coefficient (Wildman–Crippen LogP) is 1.86. The Labute approximate surface area is 148 Å². The van der Waals surface area contributed by atoms with E-state index in [2.05, 4.69) is 5.32 Å². The maximum atomic E-state index is 11.8. The summed E-state index contributed by atoms with van der Waals surface area (Å²) in [5, 5.41) is 11.5. The summed E-state index contributed by atoms with van der Waals surface area (Å²) in [6.07, 6.45) is 2.56. The molecule has 2 N–H and O–H groups in total. The monoisotopic (exact) mass is 371 g/mol. The smallest absolute Gasteiger partial charge is 0.326 e. The van der Waals surface area contributed by atoms with Crippen molar-refractivity contribution in [2.75, 3.05) is 12.9 Å². The number of hydrogen-bond acceptors (Lipinski definition) is 5. The number of unbranched alkanes of at least 4 members (excludes halogenated alkanes) is 1. The van der Waals surface area contributed by atoms with Crippen LogP contribution >= 0.6 is 0 Å². The number of rotatable bonds is 10. The normalized spacial score (nSPS) is 12.6. The van der Waals surface area contributed by atoms with Gasteiger partial charge in [-0.15, -0.1) is 0 Å². The van der Waals surface area contributed by atoms with Gasteiger partial charge in [-0.3, -0.25) is 4.79 Å². The Morgan fingerprint density at radius 1 is 1.16 bits per heavy atom. The minimum absolute atomic E-state index is 0.181. The van der Waals surface area contributed by atoms with Gasteiger partial charge < -0.3 is 15.2 Å². The first kappa shape index (κ1) is 21.0. The van der Waals surface area contributed by atoms with Crippen LogP contribution in [0.15, 0.2) is 29.2 Å². The van der Waals surface area contributed by atoms with Crippen molar-refractivity contribution in [1.29, 1.82) is 0 Å². The second-order valence-electron chi connectivity index (χ2n) is 6.18. The number of benzene rings is 1. The van der Waals surface area contributed by atoms with Crippen LogP contribution in [0.4, 0.5) is 0 Å². The number of carbonyl (C=O) groups is 2. The Hall–Kier alpha value is -2.09. The highest BCUT2D eigenvalue weighted by Crippen LogP contribution is 2.16. The molecular weight excluding hydrogens is 346 g/mol. The first-order valence-corrected chi connectivity index (χ1v) is 9.95. The van der Waals surface area contributed by atoms with Crippen LogP contribution in [0.25, 0.3) is 0 Å². The fourth-order valence-corrected chi connectivity index (χ4v) is 2.75. The molecule has 7 nitrogen and oxygen atoms in total. The molecule has 1 aromatic carbocycles. The van der Waals surface area contributed by atoms with Crippen molar-refractivity contribution in [1.82, 2.24) is 5.32 Å². The van der Waals surface area contributed by atoms with Crippen molar-refractivity contribution in [2.24, 2.45) is 5.92 Å². The van der Waals surface area contributed by atoms with E-state index in [1.165, 1.54) is 12.1 Å². The van der Waals surface area contributed by atoms with Crippen molar-refractivity contribution in [3.05, 3.63) is 24.3 Å². The number of carboxylic acids is 1. The van der Waals surface area contributed by atoms with Crippen LogP contribution in [-0.4, -0.2) is 44.3 Å². The number of sulfone groups is 1. The third-order valence-corrected chi connectivity index (χ3v) is 4.70. The highest BCUT2D eigenvalue weighted by molar-refractivity contribution is 7.90. The lowest BCUT2D eigenvalue weighted by Gasteiger charge is -2.17. The van der Waals surface area contributed by atoms with Gasteiger partial charge >= 0.3 is 5.97 Å². The molecule has 1 atom stereocenters. The standard InChI is InChI=1S/C17H25NO6S/c1-12(2)16(17(20)21)18-15(19)6-4-5-11-24-13-7-9-14(10-8-13)25(3,22)23/h7-10,12,16H,4-6,11H2,1-3H3,(H,18,19)(H,20,21)/t16-/m1/s1. The largest absolute Gasteiger partial charge is 0.494 e. The van der Waals surface area contributed by atoms with Crippen LogP contribution in [0.1, 0.15) is 33.1 Å².